The highest BCUT2D eigenvalue weighted by atomic mass is 35.5. The van der Waals surface area contributed by atoms with Crippen LogP contribution in [0.15, 0.2) is 47.1 Å². The maximum absolute atomic E-state index is 10.1. The summed E-state index contributed by atoms with van der Waals surface area (Å²) in [4.78, 5) is 4.55. The van der Waals surface area contributed by atoms with Crippen LogP contribution in [0.25, 0.3) is 0 Å². The number of rotatable bonds is 7. The van der Waals surface area contributed by atoms with Crippen molar-refractivity contribution in [1.82, 2.24) is 4.90 Å². The summed E-state index contributed by atoms with van der Waals surface area (Å²) in [5, 5.41) is 10.9. The maximum atomic E-state index is 10.1. The topological polar surface area (TPSA) is 49.1 Å². The fraction of sp³-hybridized carbons (Fsp3) is 0.444. The van der Waals surface area contributed by atoms with Crippen LogP contribution in [0.1, 0.15) is 5.76 Å². The lowest BCUT2D eigenvalue weighted by atomic mass is 10.2. The number of nitrogens with zero attached hydrogens (tertiary/aromatic N) is 2. The lowest BCUT2D eigenvalue weighted by molar-refractivity contribution is 0.00442. The Morgan fingerprint density at radius 2 is 1.92 bits per heavy atom. The number of aliphatic hydroxyl groups is 1. The highest BCUT2D eigenvalue weighted by Crippen LogP contribution is 2.25. The molecule has 1 aliphatic heterocycles. The lowest BCUT2D eigenvalue weighted by Crippen LogP contribution is -2.49. The second-order valence-corrected chi connectivity index (χ2v) is 6.39. The summed E-state index contributed by atoms with van der Waals surface area (Å²) in [6, 6.07) is 11.6. The zero-order valence-electron chi connectivity index (χ0n) is 13.6. The Balaban J connectivity index is 1.38. The number of hydrogen-bond acceptors (Lipinski definition) is 5. The van der Waals surface area contributed by atoms with Gasteiger partial charge in [0.15, 0.2) is 0 Å². The van der Waals surface area contributed by atoms with Gasteiger partial charge in [0, 0.05) is 32.7 Å². The Bertz CT molecular complexity index is 612. The van der Waals surface area contributed by atoms with E-state index in [1.807, 2.05) is 30.3 Å². The molecule has 3 rings (SSSR count). The van der Waals surface area contributed by atoms with E-state index in [-0.39, 0.29) is 0 Å². The van der Waals surface area contributed by atoms with Crippen molar-refractivity contribution in [2.75, 3.05) is 44.2 Å². The Kier molecular flexibility index (Phi) is 6.15. The van der Waals surface area contributed by atoms with Gasteiger partial charge in [-0.2, -0.15) is 0 Å². The summed E-state index contributed by atoms with van der Waals surface area (Å²) in [6.07, 6.45) is 1.12. The number of furan rings is 1. The van der Waals surface area contributed by atoms with Crippen LogP contribution in [-0.2, 0) is 11.3 Å². The second kappa shape index (κ2) is 8.53. The number of halogens is 1. The highest BCUT2D eigenvalue weighted by Gasteiger charge is 2.20. The van der Waals surface area contributed by atoms with Gasteiger partial charge in [0.2, 0.25) is 0 Å². The summed E-state index contributed by atoms with van der Waals surface area (Å²) in [7, 11) is 0. The predicted molar refractivity (Wildman–Crippen MR) is 94.5 cm³/mol. The van der Waals surface area contributed by atoms with E-state index < -0.39 is 6.10 Å². The molecule has 1 atom stereocenters. The molecule has 1 unspecified atom stereocenters. The van der Waals surface area contributed by atoms with E-state index in [0.29, 0.717) is 19.8 Å². The molecule has 5 nitrogen and oxygen atoms in total. The number of para-hydroxylation sites is 1. The summed E-state index contributed by atoms with van der Waals surface area (Å²) < 4.78 is 10.7. The number of β-amino-alcohol motifs (C(OH)–C–C–N with tert-alkyl or cyclic N) is 1. The van der Waals surface area contributed by atoms with Gasteiger partial charge in [0.1, 0.15) is 12.4 Å². The molecule has 2 aromatic rings. The molecule has 0 aliphatic carbocycles. The van der Waals surface area contributed by atoms with Gasteiger partial charge in [0.25, 0.3) is 0 Å². The van der Waals surface area contributed by atoms with Crippen LogP contribution in [0.5, 0.6) is 0 Å². The van der Waals surface area contributed by atoms with Crippen molar-refractivity contribution in [3.8, 4) is 0 Å². The predicted octanol–water partition coefficient (Wildman–Crippen LogP) is 2.63. The van der Waals surface area contributed by atoms with Gasteiger partial charge in [-0.15, -0.1) is 0 Å². The molecular weight excluding hydrogens is 328 g/mol. The minimum absolute atomic E-state index is 0.311. The normalized spacial score (nSPS) is 17.2. The molecule has 1 aromatic carbocycles. The van der Waals surface area contributed by atoms with Crippen molar-refractivity contribution in [2.45, 2.75) is 12.7 Å². The van der Waals surface area contributed by atoms with E-state index in [9.17, 15) is 5.11 Å². The van der Waals surface area contributed by atoms with E-state index in [4.69, 9.17) is 20.8 Å². The van der Waals surface area contributed by atoms with Crippen molar-refractivity contribution < 1.29 is 14.3 Å². The van der Waals surface area contributed by atoms with Gasteiger partial charge in [-0.05, 0) is 24.3 Å². The average Bonchev–Trinajstić information content (AvgIpc) is 3.10. The molecule has 2 heterocycles. The highest BCUT2D eigenvalue weighted by molar-refractivity contribution is 6.33. The van der Waals surface area contributed by atoms with E-state index in [0.717, 1.165) is 42.6 Å². The molecule has 1 saturated heterocycles. The van der Waals surface area contributed by atoms with Crippen LogP contribution in [0.4, 0.5) is 5.69 Å². The van der Waals surface area contributed by atoms with Gasteiger partial charge < -0.3 is 19.2 Å². The van der Waals surface area contributed by atoms with Crippen LogP contribution in [0.3, 0.4) is 0 Å². The molecule has 1 N–H and O–H groups in total. The van der Waals surface area contributed by atoms with Crippen molar-refractivity contribution in [3.63, 3.8) is 0 Å². The molecule has 0 radical (unpaired) electrons. The molecule has 130 valence electrons. The molecule has 6 heteroatoms. The molecule has 1 aromatic heterocycles. The second-order valence-electron chi connectivity index (χ2n) is 5.99. The monoisotopic (exact) mass is 350 g/mol. The molecule has 0 amide bonds. The lowest BCUT2D eigenvalue weighted by Gasteiger charge is -2.37. The Labute approximate surface area is 147 Å². The molecule has 0 saturated carbocycles. The SMILES string of the molecule is OC(COCc1ccco1)CN1CCN(c2ccccc2Cl)CC1. The minimum atomic E-state index is -0.494. The van der Waals surface area contributed by atoms with E-state index in [1.165, 1.54) is 0 Å². The van der Waals surface area contributed by atoms with Crippen LogP contribution < -0.4 is 4.90 Å². The van der Waals surface area contributed by atoms with Crippen molar-refractivity contribution in [3.05, 3.63) is 53.4 Å². The third-order valence-corrected chi connectivity index (χ3v) is 4.49. The van der Waals surface area contributed by atoms with Gasteiger partial charge >= 0.3 is 0 Å². The van der Waals surface area contributed by atoms with Crippen molar-refractivity contribution >= 4 is 17.3 Å². The first kappa shape index (κ1) is 17.3. The van der Waals surface area contributed by atoms with E-state index in [2.05, 4.69) is 15.9 Å². The summed E-state index contributed by atoms with van der Waals surface area (Å²) >= 11 is 6.26. The Hall–Kier alpha value is -1.53. The number of benzene rings is 1. The third kappa shape index (κ3) is 4.74. The fourth-order valence-corrected chi connectivity index (χ4v) is 3.18. The van der Waals surface area contributed by atoms with Crippen molar-refractivity contribution in [2.24, 2.45) is 0 Å². The van der Waals surface area contributed by atoms with Crippen LogP contribution in [-0.4, -0.2) is 55.4 Å². The molecule has 1 fully saturated rings. The molecule has 1 aliphatic rings. The smallest absolute Gasteiger partial charge is 0.129 e. The standard InChI is InChI=1S/C18H23ClN2O3/c19-17-5-1-2-6-18(17)21-9-7-20(8-10-21)12-15(22)13-23-14-16-4-3-11-24-16/h1-6,11,15,22H,7-10,12-14H2. The number of anilines is 1. The van der Waals surface area contributed by atoms with Gasteiger partial charge in [-0.3, -0.25) is 4.90 Å². The van der Waals surface area contributed by atoms with Crippen LogP contribution in [0.2, 0.25) is 5.02 Å². The third-order valence-electron chi connectivity index (χ3n) is 4.17. The zero-order chi connectivity index (χ0) is 16.8. The first-order valence-electron chi connectivity index (χ1n) is 8.22. The zero-order valence-corrected chi connectivity index (χ0v) is 14.4. The largest absolute Gasteiger partial charge is 0.467 e. The molecular formula is C18H23ClN2O3. The van der Waals surface area contributed by atoms with E-state index >= 15 is 0 Å². The molecule has 0 bridgehead atoms. The summed E-state index contributed by atoms with van der Waals surface area (Å²) in [6.45, 7) is 4.94. The van der Waals surface area contributed by atoms with Crippen LogP contribution in [0, 0.1) is 0 Å². The Morgan fingerprint density at radius 3 is 2.62 bits per heavy atom. The first-order chi connectivity index (χ1) is 11.7. The van der Waals surface area contributed by atoms with Gasteiger partial charge in [0.05, 0.1) is 29.7 Å². The Morgan fingerprint density at radius 1 is 1.12 bits per heavy atom. The van der Waals surface area contributed by atoms with Gasteiger partial charge in [-0.25, -0.2) is 0 Å². The van der Waals surface area contributed by atoms with Crippen molar-refractivity contribution in [1.29, 1.82) is 0 Å². The van der Waals surface area contributed by atoms with E-state index in [1.54, 1.807) is 6.26 Å². The minimum Gasteiger partial charge on any atom is -0.467 e. The molecule has 24 heavy (non-hydrogen) atoms. The average molecular weight is 351 g/mol. The number of piperazine rings is 1. The maximum Gasteiger partial charge on any atom is 0.129 e. The number of aliphatic hydroxyl groups excluding tert-OH is 1. The molecule has 0 spiro atoms. The summed E-state index contributed by atoms with van der Waals surface area (Å²) in [5.74, 6) is 0.774. The summed E-state index contributed by atoms with van der Waals surface area (Å²) in [5.41, 5.74) is 1.08. The van der Waals surface area contributed by atoms with Gasteiger partial charge in [-0.1, -0.05) is 23.7 Å². The number of ether oxygens (including phenoxy) is 1. The fourth-order valence-electron chi connectivity index (χ4n) is 2.92. The first-order valence-corrected chi connectivity index (χ1v) is 8.60. The quantitative estimate of drug-likeness (QED) is 0.832. The van der Waals surface area contributed by atoms with Crippen LogP contribution >= 0.6 is 11.6 Å². The number of hydrogen-bond donors (Lipinski definition) is 1.